The molecule has 0 amide bonds. The van der Waals surface area contributed by atoms with Crippen LogP contribution in [-0.4, -0.2) is 53.5 Å². The second kappa shape index (κ2) is 9.32. The third-order valence-electron chi connectivity index (χ3n) is 3.62. The first-order chi connectivity index (χ1) is 12.4. The quantitative estimate of drug-likeness (QED) is 0.341. The van der Waals surface area contributed by atoms with Crippen LogP contribution in [0.15, 0.2) is 46.5 Å². The Morgan fingerprint density at radius 3 is 2.62 bits per heavy atom. The number of aromatic nitrogens is 2. The van der Waals surface area contributed by atoms with Gasteiger partial charge in [-0.25, -0.2) is 10.8 Å². The second-order valence-electron chi connectivity index (χ2n) is 5.75. The van der Waals surface area contributed by atoms with Crippen LogP contribution in [0.4, 0.5) is 0 Å². The minimum absolute atomic E-state index is 0.0666. The largest absolute Gasteiger partial charge is 0.355 e. The van der Waals surface area contributed by atoms with Gasteiger partial charge < -0.3 is 10.3 Å². The Bertz CT molecular complexity index is 803. The number of nitrogens with zero attached hydrogens (tertiary/aromatic N) is 3. The lowest BCUT2D eigenvalue weighted by Crippen LogP contribution is -2.43. The normalized spacial score (nSPS) is 13.8. The number of imidazole rings is 1. The third kappa shape index (κ3) is 6.47. The first-order valence-electron chi connectivity index (χ1n) is 8.19. The summed E-state index contributed by atoms with van der Waals surface area (Å²) in [4.78, 5) is 11.4. The SMILES string of the molecule is Cc1ccc(S(=O)(=O)O)cc1.NN1CCN=C1NCCCc1ncc[nH]1. The van der Waals surface area contributed by atoms with E-state index in [1.165, 1.54) is 12.1 Å². The number of H-pyrrole nitrogens is 1. The predicted octanol–water partition coefficient (Wildman–Crippen LogP) is 0.719. The molecule has 0 radical (unpaired) electrons. The van der Waals surface area contributed by atoms with Crippen LogP contribution in [0.5, 0.6) is 0 Å². The standard InChI is InChI=1S/C9H16N6.C7H8O3S/c10-15-7-6-14-9(15)13-3-1-2-8-11-4-5-12-8;1-6-2-4-7(5-3-6)11(8,9)10/h4-5H,1-3,6-7,10H2,(H,11,12)(H,13,14);2-5H,1H3,(H,8,9,10). The lowest BCUT2D eigenvalue weighted by atomic mass is 10.2. The van der Waals surface area contributed by atoms with Crippen LogP contribution in [-0.2, 0) is 16.5 Å². The molecule has 26 heavy (non-hydrogen) atoms. The summed E-state index contributed by atoms with van der Waals surface area (Å²) in [7, 11) is -4.02. The van der Waals surface area contributed by atoms with E-state index in [0.717, 1.165) is 49.8 Å². The average molecular weight is 380 g/mol. The van der Waals surface area contributed by atoms with Crippen molar-refractivity contribution >= 4 is 16.1 Å². The molecule has 3 rings (SSSR count). The molecule has 0 saturated carbocycles. The topological polar surface area (TPSA) is 137 Å². The van der Waals surface area contributed by atoms with Gasteiger partial charge in [-0.2, -0.15) is 8.42 Å². The van der Waals surface area contributed by atoms with E-state index in [4.69, 9.17) is 10.4 Å². The van der Waals surface area contributed by atoms with Gasteiger partial charge in [-0.15, -0.1) is 0 Å². The third-order valence-corrected chi connectivity index (χ3v) is 4.49. The van der Waals surface area contributed by atoms with E-state index in [-0.39, 0.29) is 4.90 Å². The Labute approximate surface area is 153 Å². The van der Waals surface area contributed by atoms with E-state index < -0.39 is 10.1 Å². The number of nitrogens with one attached hydrogen (secondary N) is 2. The number of rotatable bonds is 5. The minimum atomic E-state index is -4.02. The summed E-state index contributed by atoms with van der Waals surface area (Å²) in [5, 5.41) is 4.85. The molecule has 0 atom stereocenters. The Hall–Kier alpha value is -2.43. The summed E-state index contributed by atoms with van der Waals surface area (Å²) < 4.78 is 29.6. The number of benzene rings is 1. The molecule has 0 bridgehead atoms. The molecule has 9 nitrogen and oxygen atoms in total. The van der Waals surface area contributed by atoms with Crippen molar-refractivity contribution in [3.8, 4) is 0 Å². The fraction of sp³-hybridized carbons (Fsp3) is 0.375. The zero-order valence-corrected chi connectivity index (χ0v) is 15.4. The summed E-state index contributed by atoms with van der Waals surface area (Å²) in [6.45, 7) is 4.30. The van der Waals surface area contributed by atoms with Crippen molar-refractivity contribution in [3.63, 3.8) is 0 Å². The molecule has 142 valence electrons. The van der Waals surface area contributed by atoms with Crippen molar-refractivity contribution in [3.05, 3.63) is 48.0 Å². The Kier molecular flexibility index (Phi) is 7.13. The van der Waals surface area contributed by atoms with Gasteiger partial charge in [0.25, 0.3) is 10.1 Å². The van der Waals surface area contributed by atoms with E-state index in [1.807, 2.05) is 13.1 Å². The number of hydrogen-bond acceptors (Lipinski definition) is 7. The Morgan fingerprint density at radius 2 is 2.08 bits per heavy atom. The first-order valence-corrected chi connectivity index (χ1v) is 9.63. The molecule has 1 aliphatic heterocycles. The zero-order chi connectivity index (χ0) is 19.0. The summed E-state index contributed by atoms with van der Waals surface area (Å²) in [6.07, 6.45) is 5.56. The first kappa shape index (κ1) is 19.9. The molecule has 0 spiro atoms. The van der Waals surface area contributed by atoms with Crippen LogP contribution in [0.3, 0.4) is 0 Å². The second-order valence-corrected chi connectivity index (χ2v) is 7.17. The van der Waals surface area contributed by atoms with Gasteiger partial charge >= 0.3 is 0 Å². The number of hydrazine groups is 1. The van der Waals surface area contributed by atoms with Crippen molar-refractivity contribution in [1.29, 1.82) is 0 Å². The number of nitrogens with two attached hydrogens (primary N) is 1. The fourth-order valence-electron chi connectivity index (χ4n) is 2.22. The van der Waals surface area contributed by atoms with Crippen LogP contribution in [0, 0.1) is 6.92 Å². The van der Waals surface area contributed by atoms with Gasteiger partial charge in [0.15, 0.2) is 0 Å². The van der Waals surface area contributed by atoms with Gasteiger partial charge in [0.05, 0.1) is 18.0 Å². The highest BCUT2D eigenvalue weighted by Crippen LogP contribution is 2.08. The molecular formula is C16H24N6O3S. The van der Waals surface area contributed by atoms with Crippen molar-refractivity contribution in [1.82, 2.24) is 20.3 Å². The van der Waals surface area contributed by atoms with Gasteiger partial charge in [-0.3, -0.25) is 14.6 Å². The molecular weight excluding hydrogens is 356 g/mol. The predicted molar refractivity (Wildman–Crippen MR) is 99.1 cm³/mol. The van der Waals surface area contributed by atoms with Crippen molar-refractivity contribution in [2.45, 2.75) is 24.7 Å². The van der Waals surface area contributed by atoms with Gasteiger partial charge in [0.1, 0.15) is 5.82 Å². The van der Waals surface area contributed by atoms with E-state index >= 15 is 0 Å². The highest BCUT2D eigenvalue weighted by molar-refractivity contribution is 7.85. The number of hydrogen-bond donors (Lipinski definition) is 4. The lowest BCUT2D eigenvalue weighted by molar-refractivity contribution is 0.465. The van der Waals surface area contributed by atoms with E-state index in [9.17, 15) is 8.42 Å². The molecule has 1 aliphatic rings. The monoisotopic (exact) mass is 380 g/mol. The van der Waals surface area contributed by atoms with Crippen LogP contribution in [0.1, 0.15) is 17.8 Å². The molecule has 2 aromatic rings. The van der Waals surface area contributed by atoms with Gasteiger partial charge in [-0.1, -0.05) is 17.7 Å². The molecule has 1 aromatic carbocycles. The number of aliphatic imine (C=N–C) groups is 1. The van der Waals surface area contributed by atoms with E-state index in [1.54, 1.807) is 23.3 Å². The maximum Gasteiger partial charge on any atom is 0.294 e. The highest BCUT2D eigenvalue weighted by Gasteiger charge is 2.11. The van der Waals surface area contributed by atoms with Crippen molar-refractivity contribution < 1.29 is 13.0 Å². The lowest BCUT2D eigenvalue weighted by Gasteiger charge is -2.14. The number of aryl methyl sites for hydroxylation is 2. The summed E-state index contributed by atoms with van der Waals surface area (Å²) in [5.74, 6) is 7.50. The Morgan fingerprint density at radius 1 is 1.35 bits per heavy atom. The molecule has 2 heterocycles. The number of aromatic amines is 1. The molecule has 1 aromatic heterocycles. The molecule has 0 saturated heterocycles. The molecule has 0 aliphatic carbocycles. The van der Waals surface area contributed by atoms with E-state index in [0.29, 0.717) is 0 Å². The number of guanidine groups is 1. The maximum atomic E-state index is 10.5. The summed E-state index contributed by atoms with van der Waals surface area (Å²) in [6, 6.07) is 5.99. The fourth-order valence-corrected chi connectivity index (χ4v) is 2.70. The highest BCUT2D eigenvalue weighted by atomic mass is 32.2. The summed E-state index contributed by atoms with van der Waals surface area (Å²) in [5.41, 5.74) is 0.956. The van der Waals surface area contributed by atoms with Crippen LogP contribution in [0.25, 0.3) is 0 Å². The zero-order valence-electron chi connectivity index (χ0n) is 14.6. The Balaban J connectivity index is 0.000000197. The summed E-state index contributed by atoms with van der Waals surface area (Å²) >= 11 is 0. The van der Waals surface area contributed by atoms with Gasteiger partial charge in [0.2, 0.25) is 5.96 Å². The molecule has 10 heteroatoms. The smallest absolute Gasteiger partial charge is 0.294 e. The molecule has 5 N–H and O–H groups in total. The average Bonchev–Trinajstić information content (AvgIpc) is 3.24. The maximum absolute atomic E-state index is 10.5. The van der Waals surface area contributed by atoms with Crippen LogP contribution < -0.4 is 11.2 Å². The molecule has 0 fully saturated rings. The van der Waals surface area contributed by atoms with Gasteiger partial charge in [-0.05, 0) is 25.5 Å². The van der Waals surface area contributed by atoms with Crippen LogP contribution >= 0.6 is 0 Å². The van der Waals surface area contributed by atoms with Gasteiger partial charge in [0, 0.05) is 25.4 Å². The van der Waals surface area contributed by atoms with E-state index in [2.05, 4.69) is 20.3 Å². The molecule has 0 unspecified atom stereocenters. The van der Waals surface area contributed by atoms with Crippen molar-refractivity contribution in [2.75, 3.05) is 19.6 Å². The van der Waals surface area contributed by atoms with Crippen LogP contribution in [0.2, 0.25) is 0 Å². The van der Waals surface area contributed by atoms with Crippen molar-refractivity contribution in [2.24, 2.45) is 10.8 Å². The minimum Gasteiger partial charge on any atom is -0.355 e.